The highest BCUT2D eigenvalue weighted by Gasteiger charge is 2.33. The molecule has 158 valence electrons. The summed E-state index contributed by atoms with van der Waals surface area (Å²) in [5.41, 5.74) is 0.444. The Balaban J connectivity index is 2.06. The van der Waals surface area contributed by atoms with Crippen molar-refractivity contribution in [3.63, 3.8) is 0 Å². The Hall–Kier alpha value is -2.87. The minimum Gasteiger partial charge on any atom is -0.497 e. The molecule has 1 aromatic rings. The van der Waals surface area contributed by atoms with Gasteiger partial charge in [0.2, 0.25) is 11.8 Å². The van der Waals surface area contributed by atoms with E-state index >= 15 is 0 Å². The Kier molecular flexibility index (Phi) is 8.67. The molecule has 0 spiro atoms. The van der Waals surface area contributed by atoms with Crippen LogP contribution in [-0.2, 0) is 14.3 Å². The minimum atomic E-state index is -0.691. The molecule has 1 heterocycles. The Bertz CT molecular complexity index is 712. The number of carbonyl (C=O) groups excluding carboxylic acids is 3. The molecule has 2 N–H and O–H groups in total. The predicted molar refractivity (Wildman–Crippen MR) is 109 cm³/mol. The number of hydrogen-bond donors (Lipinski definition) is 2. The summed E-state index contributed by atoms with van der Waals surface area (Å²) >= 11 is 0. The first-order valence-corrected chi connectivity index (χ1v) is 9.60. The van der Waals surface area contributed by atoms with E-state index in [1.165, 1.54) is 7.11 Å². The number of benzene rings is 1. The summed E-state index contributed by atoms with van der Waals surface area (Å²) in [6.45, 7) is 5.02. The first kappa shape index (κ1) is 22.4. The summed E-state index contributed by atoms with van der Waals surface area (Å²) in [6.07, 6.45) is 2.82. The summed E-state index contributed by atoms with van der Waals surface area (Å²) in [5.74, 6) is -0.0814. The van der Waals surface area contributed by atoms with Crippen molar-refractivity contribution < 1.29 is 23.9 Å². The zero-order valence-corrected chi connectivity index (χ0v) is 17.0. The van der Waals surface area contributed by atoms with Crippen molar-refractivity contribution in [1.82, 2.24) is 15.5 Å². The van der Waals surface area contributed by atoms with E-state index in [-0.39, 0.29) is 30.2 Å². The molecule has 1 aromatic carbocycles. The number of hydrogen-bond acceptors (Lipinski definition) is 5. The number of nitrogens with zero attached hydrogens (tertiary/aromatic N) is 1. The fraction of sp³-hybridized carbons (Fsp3) is 0.476. The monoisotopic (exact) mass is 403 g/mol. The molecule has 0 aromatic heterocycles. The number of rotatable bonds is 9. The molecule has 0 bridgehead atoms. The minimum absolute atomic E-state index is 0.0438. The summed E-state index contributed by atoms with van der Waals surface area (Å²) in [5, 5.41) is 5.63. The summed E-state index contributed by atoms with van der Waals surface area (Å²) in [7, 11) is 3.04. The van der Waals surface area contributed by atoms with E-state index in [0.29, 0.717) is 43.8 Å². The molecule has 8 heteroatoms. The van der Waals surface area contributed by atoms with Crippen LogP contribution in [0.4, 0.5) is 0 Å². The second-order valence-electron chi connectivity index (χ2n) is 6.86. The van der Waals surface area contributed by atoms with Crippen LogP contribution >= 0.6 is 0 Å². The van der Waals surface area contributed by atoms with Crippen molar-refractivity contribution in [1.29, 1.82) is 0 Å². The second kappa shape index (κ2) is 11.2. The third-order valence-electron chi connectivity index (χ3n) is 4.97. The summed E-state index contributed by atoms with van der Waals surface area (Å²) in [4.78, 5) is 39.1. The fourth-order valence-corrected chi connectivity index (χ4v) is 3.34. The molecule has 1 aliphatic heterocycles. The Labute approximate surface area is 171 Å². The maximum absolute atomic E-state index is 12.7. The van der Waals surface area contributed by atoms with Crippen molar-refractivity contribution in [2.45, 2.75) is 18.9 Å². The molecule has 0 unspecified atom stereocenters. The van der Waals surface area contributed by atoms with Gasteiger partial charge in [-0.3, -0.25) is 14.4 Å². The van der Waals surface area contributed by atoms with E-state index in [4.69, 9.17) is 9.47 Å². The van der Waals surface area contributed by atoms with Crippen LogP contribution in [0.25, 0.3) is 0 Å². The van der Waals surface area contributed by atoms with Gasteiger partial charge in [0.15, 0.2) is 0 Å². The molecule has 0 aliphatic carbocycles. The quantitative estimate of drug-likeness (QED) is 0.599. The van der Waals surface area contributed by atoms with Crippen LogP contribution in [0.5, 0.6) is 5.75 Å². The Morgan fingerprint density at radius 2 is 1.86 bits per heavy atom. The highest BCUT2D eigenvalue weighted by atomic mass is 16.5. The van der Waals surface area contributed by atoms with Crippen LogP contribution in [-0.4, -0.2) is 69.1 Å². The molecule has 8 nitrogen and oxygen atoms in total. The molecule has 1 fully saturated rings. The number of likely N-dealkylation sites (tertiary alicyclic amines) is 1. The van der Waals surface area contributed by atoms with Crippen molar-refractivity contribution >= 4 is 17.7 Å². The first-order valence-electron chi connectivity index (χ1n) is 9.60. The maximum atomic E-state index is 12.7. The number of nitrogens with one attached hydrogen (secondary N) is 2. The van der Waals surface area contributed by atoms with E-state index in [0.717, 1.165) is 0 Å². The molecular weight excluding hydrogens is 374 g/mol. The van der Waals surface area contributed by atoms with Gasteiger partial charge in [-0.05, 0) is 43.0 Å². The normalized spacial score (nSPS) is 15.3. The van der Waals surface area contributed by atoms with Gasteiger partial charge in [-0.15, -0.1) is 6.58 Å². The average Bonchev–Trinajstić information content (AvgIpc) is 2.76. The van der Waals surface area contributed by atoms with Crippen LogP contribution in [0.15, 0.2) is 36.9 Å². The molecule has 2 rings (SSSR count). The molecule has 1 aliphatic rings. The Morgan fingerprint density at radius 3 is 2.41 bits per heavy atom. The Morgan fingerprint density at radius 1 is 1.21 bits per heavy atom. The van der Waals surface area contributed by atoms with Gasteiger partial charge in [0.05, 0.1) is 7.11 Å². The lowest BCUT2D eigenvalue weighted by atomic mass is 9.88. The predicted octanol–water partition coefficient (Wildman–Crippen LogP) is 0.981. The molecule has 1 saturated heterocycles. The highest BCUT2D eigenvalue weighted by molar-refractivity contribution is 5.97. The van der Waals surface area contributed by atoms with Gasteiger partial charge in [-0.2, -0.15) is 0 Å². The van der Waals surface area contributed by atoms with Gasteiger partial charge in [0.25, 0.3) is 5.91 Å². The largest absolute Gasteiger partial charge is 0.497 e. The van der Waals surface area contributed by atoms with Crippen LogP contribution in [0, 0.1) is 5.92 Å². The van der Waals surface area contributed by atoms with Gasteiger partial charge in [0, 0.05) is 32.3 Å². The van der Waals surface area contributed by atoms with E-state index in [9.17, 15) is 14.4 Å². The smallest absolute Gasteiger partial charge is 0.251 e. The molecule has 0 saturated carbocycles. The van der Waals surface area contributed by atoms with Gasteiger partial charge < -0.3 is 25.0 Å². The standard InChI is InChI=1S/C21H29N3O5/c1-4-11-22-21(27)19(15-9-12-24(13-10-15)18(25)14-28-2)23-20(26)16-5-7-17(29-3)8-6-16/h4-8,15,19H,1,9-14H2,2-3H3,(H,22,27)(H,23,26)/t19-/m0/s1. The van der Waals surface area contributed by atoms with E-state index in [1.54, 1.807) is 42.4 Å². The summed E-state index contributed by atoms with van der Waals surface area (Å²) < 4.78 is 10.0. The van der Waals surface area contributed by atoms with E-state index < -0.39 is 6.04 Å². The summed E-state index contributed by atoms with van der Waals surface area (Å²) in [6, 6.07) is 6.00. The zero-order chi connectivity index (χ0) is 21.2. The van der Waals surface area contributed by atoms with Crippen molar-refractivity contribution in [3.8, 4) is 5.75 Å². The maximum Gasteiger partial charge on any atom is 0.251 e. The lowest BCUT2D eigenvalue weighted by Crippen LogP contribution is -2.54. The number of ether oxygens (including phenoxy) is 2. The van der Waals surface area contributed by atoms with Gasteiger partial charge >= 0.3 is 0 Å². The lowest BCUT2D eigenvalue weighted by molar-refractivity contribution is -0.136. The third kappa shape index (κ3) is 6.32. The molecular formula is C21H29N3O5. The number of amides is 3. The fourth-order valence-electron chi connectivity index (χ4n) is 3.34. The van der Waals surface area contributed by atoms with Crippen molar-refractivity contribution in [2.75, 3.05) is 40.5 Å². The number of carbonyl (C=O) groups is 3. The van der Waals surface area contributed by atoms with Crippen molar-refractivity contribution in [2.24, 2.45) is 5.92 Å². The second-order valence-corrected chi connectivity index (χ2v) is 6.86. The van der Waals surface area contributed by atoms with Gasteiger partial charge in [0.1, 0.15) is 18.4 Å². The number of piperidine rings is 1. The topological polar surface area (TPSA) is 97.0 Å². The van der Waals surface area contributed by atoms with Gasteiger partial charge in [-0.25, -0.2) is 0 Å². The third-order valence-corrected chi connectivity index (χ3v) is 4.97. The van der Waals surface area contributed by atoms with Crippen molar-refractivity contribution in [3.05, 3.63) is 42.5 Å². The molecule has 29 heavy (non-hydrogen) atoms. The molecule has 0 radical (unpaired) electrons. The van der Waals surface area contributed by atoms with Crippen LogP contribution in [0.1, 0.15) is 23.2 Å². The van der Waals surface area contributed by atoms with E-state index in [1.807, 2.05) is 0 Å². The first-order chi connectivity index (χ1) is 14.0. The zero-order valence-electron chi connectivity index (χ0n) is 17.0. The SMILES string of the molecule is C=CCNC(=O)[C@@H](NC(=O)c1ccc(OC)cc1)C1CCN(C(=O)COC)CC1. The number of methoxy groups -OCH3 is 2. The van der Waals surface area contributed by atoms with Crippen LogP contribution in [0.3, 0.4) is 0 Å². The highest BCUT2D eigenvalue weighted by Crippen LogP contribution is 2.22. The van der Waals surface area contributed by atoms with Crippen LogP contribution in [0.2, 0.25) is 0 Å². The molecule has 1 atom stereocenters. The van der Waals surface area contributed by atoms with Crippen LogP contribution < -0.4 is 15.4 Å². The lowest BCUT2D eigenvalue weighted by Gasteiger charge is -2.35. The average molecular weight is 403 g/mol. The molecule has 3 amide bonds. The van der Waals surface area contributed by atoms with E-state index in [2.05, 4.69) is 17.2 Å². The van der Waals surface area contributed by atoms with Gasteiger partial charge in [-0.1, -0.05) is 6.08 Å².